The third-order valence-corrected chi connectivity index (χ3v) is 6.07. The molecule has 1 aliphatic heterocycles. The van der Waals surface area contributed by atoms with Gasteiger partial charge in [-0.25, -0.2) is 4.98 Å². The highest BCUT2D eigenvalue weighted by atomic mass is 16.5. The molecular weight excluding hydrogens is 362 g/mol. The Bertz CT molecular complexity index is 1000. The summed E-state index contributed by atoms with van der Waals surface area (Å²) in [6.45, 7) is 6.05. The maximum absolute atomic E-state index is 13.2. The van der Waals surface area contributed by atoms with Crippen molar-refractivity contribution >= 4 is 11.6 Å². The van der Waals surface area contributed by atoms with Gasteiger partial charge in [-0.3, -0.25) is 4.79 Å². The van der Waals surface area contributed by atoms with E-state index in [1.165, 1.54) is 5.56 Å². The Morgan fingerprint density at radius 2 is 2.03 bits per heavy atom. The summed E-state index contributed by atoms with van der Waals surface area (Å²) in [5.41, 5.74) is 4.19. The average Bonchev–Trinajstić information content (AvgIpc) is 3.15. The Morgan fingerprint density at radius 1 is 1.24 bits per heavy atom. The third-order valence-electron chi connectivity index (χ3n) is 6.07. The van der Waals surface area contributed by atoms with E-state index in [2.05, 4.69) is 41.4 Å². The molecule has 3 heterocycles. The normalized spacial score (nSPS) is 16.2. The van der Waals surface area contributed by atoms with E-state index in [0.717, 1.165) is 48.6 Å². The highest BCUT2D eigenvalue weighted by Gasteiger charge is 2.27. The van der Waals surface area contributed by atoms with Gasteiger partial charge in [0.25, 0.3) is 0 Å². The van der Waals surface area contributed by atoms with Crippen LogP contribution in [0, 0.1) is 12.8 Å². The predicted molar refractivity (Wildman–Crippen MR) is 114 cm³/mol. The number of imidazole rings is 1. The molecule has 0 aliphatic carbocycles. The summed E-state index contributed by atoms with van der Waals surface area (Å²) < 4.78 is 7.54. The van der Waals surface area contributed by atoms with Crippen molar-refractivity contribution in [3.63, 3.8) is 0 Å². The molecule has 0 unspecified atom stereocenters. The van der Waals surface area contributed by atoms with Crippen molar-refractivity contribution in [1.29, 1.82) is 0 Å². The number of benzene rings is 1. The summed E-state index contributed by atoms with van der Waals surface area (Å²) in [7, 11) is 1.67. The molecule has 3 aromatic rings. The SMILES string of the molecule is COc1cccc([C@@H](CC(=O)N2CCC(C)CC2)c2cnc3cc(C)ccn23)c1. The average molecular weight is 392 g/mol. The molecule has 29 heavy (non-hydrogen) atoms. The van der Waals surface area contributed by atoms with Gasteiger partial charge in [-0.2, -0.15) is 0 Å². The predicted octanol–water partition coefficient (Wildman–Crippen LogP) is 4.43. The van der Waals surface area contributed by atoms with Gasteiger partial charge in [0.1, 0.15) is 11.4 Å². The highest BCUT2D eigenvalue weighted by Crippen LogP contribution is 2.32. The van der Waals surface area contributed by atoms with Crippen molar-refractivity contribution in [3.05, 3.63) is 65.6 Å². The number of methoxy groups -OCH3 is 1. The smallest absolute Gasteiger partial charge is 0.223 e. The van der Waals surface area contributed by atoms with Gasteiger partial charge in [0.05, 0.1) is 12.8 Å². The first-order chi connectivity index (χ1) is 14.0. The van der Waals surface area contributed by atoms with Gasteiger partial charge >= 0.3 is 0 Å². The number of fused-ring (bicyclic) bond motifs is 1. The molecule has 1 fully saturated rings. The highest BCUT2D eigenvalue weighted by molar-refractivity contribution is 5.78. The minimum absolute atomic E-state index is 0.0744. The molecule has 0 radical (unpaired) electrons. The van der Waals surface area contributed by atoms with Crippen LogP contribution in [0.1, 0.15) is 48.9 Å². The van der Waals surface area contributed by atoms with Gasteiger partial charge in [0.15, 0.2) is 0 Å². The molecule has 0 bridgehead atoms. The number of carbonyl (C=O) groups is 1. The number of carbonyl (C=O) groups excluding carboxylic acids is 1. The van der Waals surface area contributed by atoms with Gasteiger partial charge in [-0.05, 0) is 61.1 Å². The number of aryl methyl sites for hydroxylation is 1. The second-order valence-corrected chi connectivity index (χ2v) is 8.21. The lowest BCUT2D eigenvalue weighted by atomic mass is 9.91. The standard InChI is InChI=1S/C24H29N3O2/c1-17-7-10-26(11-8-17)24(28)15-21(19-5-4-6-20(14-19)29-3)22-16-25-23-13-18(2)9-12-27(22)23/h4-6,9,12-14,16-17,21H,7-8,10-11,15H2,1-3H3/t21-/m1/s1. The second kappa shape index (κ2) is 8.27. The fourth-order valence-corrected chi connectivity index (χ4v) is 4.17. The quantitative estimate of drug-likeness (QED) is 0.646. The zero-order valence-electron chi connectivity index (χ0n) is 17.5. The monoisotopic (exact) mass is 391 g/mol. The van der Waals surface area contributed by atoms with Crippen LogP contribution in [0.25, 0.3) is 5.65 Å². The molecule has 0 saturated carbocycles. The summed E-state index contributed by atoms with van der Waals surface area (Å²) in [5, 5.41) is 0. The number of hydrogen-bond acceptors (Lipinski definition) is 3. The lowest BCUT2D eigenvalue weighted by molar-refractivity contribution is -0.132. The molecule has 0 N–H and O–H groups in total. The number of nitrogens with zero attached hydrogens (tertiary/aromatic N) is 3. The number of pyridine rings is 1. The Labute approximate surface area is 172 Å². The summed E-state index contributed by atoms with van der Waals surface area (Å²) in [5.74, 6) is 1.65. The fourth-order valence-electron chi connectivity index (χ4n) is 4.17. The number of piperidine rings is 1. The topological polar surface area (TPSA) is 46.8 Å². The molecule has 1 aromatic carbocycles. The molecule has 0 spiro atoms. The van der Waals surface area contributed by atoms with Crippen molar-refractivity contribution in [2.24, 2.45) is 5.92 Å². The molecule has 4 rings (SSSR count). The number of hydrogen-bond donors (Lipinski definition) is 0. The molecule has 1 atom stereocenters. The molecule has 152 valence electrons. The summed E-state index contributed by atoms with van der Waals surface area (Å²) in [6, 6.07) is 12.2. The fraction of sp³-hybridized carbons (Fsp3) is 0.417. The number of amides is 1. The van der Waals surface area contributed by atoms with E-state index < -0.39 is 0 Å². The maximum atomic E-state index is 13.2. The Balaban J connectivity index is 1.69. The van der Waals surface area contributed by atoms with Crippen molar-refractivity contribution in [2.45, 2.75) is 39.0 Å². The van der Waals surface area contributed by atoms with E-state index >= 15 is 0 Å². The van der Waals surface area contributed by atoms with E-state index in [0.29, 0.717) is 12.3 Å². The minimum atomic E-state index is -0.0744. The van der Waals surface area contributed by atoms with Crippen LogP contribution < -0.4 is 4.74 Å². The number of likely N-dealkylation sites (tertiary alicyclic amines) is 1. The number of rotatable bonds is 5. The van der Waals surface area contributed by atoms with Crippen LogP contribution in [0.5, 0.6) is 5.75 Å². The zero-order chi connectivity index (χ0) is 20.4. The van der Waals surface area contributed by atoms with Crippen molar-refractivity contribution in [1.82, 2.24) is 14.3 Å². The van der Waals surface area contributed by atoms with Gasteiger partial charge in [-0.15, -0.1) is 0 Å². The van der Waals surface area contributed by atoms with Crippen molar-refractivity contribution in [2.75, 3.05) is 20.2 Å². The van der Waals surface area contributed by atoms with E-state index in [4.69, 9.17) is 4.74 Å². The van der Waals surface area contributed by atoms with Crippen LogP contribution in [0.15, 0.2) is 48.8 Å². The Hall–Kier alpha value is -2.82. The molecule has 5 heteroatoms. The summed E-state index contributed by atoms with van der Waals surface area (Å²) >= 11 is 0. The lowest BCUT2D eigenvalue weighted by Gasteiger charge is -2.31. The number of aromatic nitrogens is 2. The van der Waals surface area contributed by atoms with E-state index in [1.807, 2.05) is 35.5 Å². The first kappa shape index (κ1) is 19.5. The van der Waals surface area contributed by atoms with Crippen molar-refractivity contribution in [3.8, 4) is 5.75 Å². The first-order valence-corrected chi connectivity index (χ1v) is 10.4. The van der Waals surface area contributed by atoms with E-state index in [9.17, 15) is 4.79 Å². The van der Waals surface area contributed by atoms with Crippen LogP contribution in [-0.4, -0.2) is 40.4 Å². The van der Waals surface area contributed by atoms with Crippen molar-refractivity contribution < 1.29 is 9.53 Å². The maximum Gasteiger partial charge on any atom is 0.223 e. The Morgan fingerprint density at radius 3 is 2.79 bits per heavy atom. The number of ether oxygens (including phenoxy) is 1. The second-order valence-electron chi connectivity index (χ2n) is 8.21. The van der Waals surface area contributed by atoms with Gasteiger partial charge in [0.2, 0.25) is 5.91 Å². The molecule has 1 amide bonds. The zero-order valence-corrected chi connectivity index (χ0v) is 17.5. The largest absolute Gasteiger partial charge is 0.497 e. The van der Waals surface area contributed by atoms with Crippen LogP contribution in [0.3, 0.4) is 0 Å². The van der Waals surface area contributed by atoms with Gasteiger partial charge in [0, 0.05) is 37.8 Å². The van der Waals surface area contributed by atoms with Crippen LogP contribution in [0.2, 0.25) is 0 Å². The van der Waals surface area contributed by atoms with Crippen LogP contribution in [-0.2, 0) is 4.79 Å². The molecular formula is C24H29N3O2. The summed E-state index contributed by atoms with van der Waals surface area (Å²) in [6.07, 6.45) is 6.57. The van der Waals surface area contributed by atoms with Gasteiger partial charge < -0.3 is 14.0 Å². The molecule has 2 aromatic heterocycles. The van der Waals surface area contributed by atoms with E-state index in [-0.39, 0.29) is 11.8 Å². The molecule has 5 nitrogen and oxygen atoms in total. The van der Waals surface area contributed by atoms with Crippen LogP contribution >= 0.6 is 0 Å². The minimum Gasteiger partial charge on any atom is -0.497 e. The molecule has 1 saturated heterocycles. The summed E-state index contributed by atoms with van der Waals surface area (Å²) in [4.78, 5) is 19.8. The molecule has 1 aliphatic rings. The first-order valence-electron chi connectivity index (χ1n) is 10.4. The lowest BCUT2D eigenvalue weighted by Crippen LogP contribution is -2.38. The van der Waals surface area contributed by atoms with E-state index in [1.54, 1.807) is 7.11 Å². The Kier molecular flexibility index (Phi) is 5.56. The third kappa shape index (κ3) is 4.14. The van der Waals surface area contributed by atoms with Crippen LogP contribution in [0.4, 0.5) is 0 Å². The van der Waals surface area contributed by atoms with Gasteiger partial charge in [-0.1, -0.05) is 19.1 Å².